The number of nitrogens with zero attached hydrogens (tertiary/aromatic N) is 15. The number of hydrogen-bond donors (Lipinski definition) is 2. The first kappa shape index (κ1) is 59.9. The van der Waals surface area contributed by atoms with Crippen LogP contribution in [0.15, 0.2) is 54.6 Å². The Labute approximate surface area is 506 Å². The van der Waals surface area contributed by atoms with Gasteiger partial charge in [-0.1, -0.05) is 201 Å². The van der Waals surface area contributed by atoms with Crippen molar-refractivity contribution in [3.63, 3.8) is 0 Å². The van der Waals surface area contributed by atoms with E-state index in [1.807, 2.05) is 0 Å². The second-order valence-electron chi connectivity index (χ2n) is 26.1. The molecule has 0 radical (unpaired) electrons. The number of nitrogens with one attached hydrogen (secondary N) is 2. The van der Waals surface area contributed by atoms with Crippen LogP contribution in [0.5, 0.6) is 0 Å². The van der Waals surface area contributed by atoms with Gasteiger partial charge in [-0.25, -0.2) is 69.8 Å². The topological polar surface area (TPSA) is 215 Å². The van der Waals surface area contributed by atoms with E-state index in [2.05, 4.69) is 178 Å². The molecule has 0 fully saturated rings. The van der Waals surface area contributed by atoms with Gasteiger partial charge >= 0.3 is 0 Å². The third kappa shape index (κ3) is 13.3. The molecule has 10 rings (SSSR count). The summed E-state index contributed by atoms with van der Waals surface area (Å²) in [5.74, 6) is 1.16. The van der Waals surface area contributed by atoms with Gasteiger partial charge in [0.15, 0.2) is 45.9 Å². The first-order valence-corrected chi connectivity index (χ1v) is 32.4. The number of fused-ring (bicyclic) bond motifs is 20. The second kappa shape index (κ2) is 21.7. The number of hydrogen-bond acceptors (Lipinski definition) is 21. The highest BCUT2D eigenvalue weighted by Gasteiger charge is 2.34. The highest BCUT2D eigenvalue weighted by atomic mass is 32.2. The zero-order valence-corrected chi connectivity index (χ0v) is 55.8. The van der Waals surface area contributed by atoms with E-state index in [-0.39, 0.29) is 40.1 Å². The van der Waals surface area contributed by atoms with Crippen LogP contribution in [0.4, 0.5) is 5.69 Å². The molecule has 0 unspecified atom stereocenters. The summed E-state index contributed by atoms with van der Waals surface area (Å²) in [7, 11) is 0. The number of H-pyrrole nitrogens is 2. The standard InChI is InChI=1S/C59H73N17S6/c1-22-76(23-2)29-24-25-30(28(3)26-29)31-27-60-32-33(61-31)41-68-40(32)69-42-34-35(63-49(78-55(7,8)9)48(62-34)77-54(4,5)6)44(71-42)73-46-38-39(67-53(82-59(19,20)21)52(66-38)81-58(16,17)18)47(75-46)74-45-37-36(43(70-41)72-45)64-50(79-56(10,11)12)51(65-37)80-57(13,14)15/h24-27H,22-23H2,1-21H3,(H2,68,69,70,71,72,73,74,75). The van der Waals surface area contributed by atoms with Gasteiger partial charge in [-0.3, -0.25) is 0 Å². The lowest BCUT2D eigenvalue weighted by atomic mass is 10.0. The lowest BCUT2D eigenvalue weighted by molar-refractivity contribution is 0.778. The number of benzene rings is 1. The number of anilines is 1. The van der Waals surface area contributed by atoms with Gasteiger partial charge in [0.1, 0.15) is 75.0 Å². The normalized spacial score (nSPS) is 13.3. The predicted octanol–water partition coefficient (Wildman–Crippen LogP) is 16.2. The molecule has 0 amide bonds. The molecule has 23 heteroatoms. The van der Waals surface area contributed by atoms with Gasteiger partial charge in [0.05, 0.1) is 11.9 Å². The van der Waals surface area contributed by atoms with Gasteiger partial charge in [-0.05, 0) is 38.5 Å². The third-order valence-electron chi connectivity index (χ3n) is 11.8. The van der Waals surface area contributed by atoms with E-state index in [9.17, 15) is 0 Å². The number of aryl methyl sites for hydroxylation is 1. The first-order valence-electron chi connectivity index (χ1n) is 27.5. The number of aromatic amines is 2. The summed E-state index contributed by atoms with van der Waals surface area (Å²) in [6.45, 7) is 47.4. The quantitative estimate of drug-likeness (QED) is 0.122. The van der Waals surface area contributed by atoms with Crippen molar-refractivity contribution in [1.29, 1.82) is 0 Å². The van der Waals surface area contributed by atoms with E-state index >= 15 is 0 Å². The molecule has 8 aromatic rings. The van der Waals surface area contributed by atoms with Crippen LogP contribution >= 0.6 is 70.6 Å². The largest absolute Gasteiger partial charge is 0.372 e. The van der Waals surface area contributed by atoms with E-state index in [0.29, 0.717) is 84.8 Å². The van der Waals surface area contributed by atoms with Crippen molar-refractivity contribution in [1.82, 2.24) is 79.7 Å². The molecule has 7 aromatic heterocycles. The summed E-state index contributed by atoms with van der Waals surface area (Å²) in [6.07, 6.45) is 1.79. The van der Waals surface area contributed by atoms with E-state index in [1.54, 1.807) is 76.8 Å². The van der Waals surface area contributed by atoms with Crippen molar-refractivity contribution in [3.8, 4) is 57.3 Å². The maximum atomic E-state index is 5.45. The highest BCUT2D eigenvalue weighted by molar-refractivity contribution is 8.04. The predicted molar refractivity (Wildman–Crippen MR) is 346 cm³/mol. The van der Waals surface area contributed by atoms with Gasteiger partial charge in [0.2, 0.25) is 0 Å². The molecule has 0 atom stereocenters. The van der Waals surface area contributed by atoms with Crippen LogP contribution in [-0.2, 0) is 0 Å². The van der Waals surface area contributed by atoms with Crippen LogP contribution in [0.25, 0.3) is 102 Å². The minimum Gasteiger partial charge on any atom is -0.372 e. The zero-order valence-electron chi connectivity index (χ0n) is 50.9. The minimum atomic E-state index is -0.205. The molecule has 1 aromatic carbocycles. The van der Waals surface area contributed by atoms with Crippen molar-refractivity contribution in [2.75, 3.05) is 18.0 Å². The van der Waals surface area contributed by atoms with Crippen molar-refractivity contribution >= 4 is 121 Å². The van der Waals surface area contributed by atoms with Crippen molar-refractivity contribution in [2.24, 2.45) is 0 Å². The van der Waals surface area contributed by atoms with Crippen molar-refractivity contribution < 1.29 is 0 Å². The molecule has 0 saturated carbocycles. The number of thioether (sulfide) groups is 6. The van der Waals surface area contributed by atoms with E-state index in [0.717, 1.165) is 60.1 Å². The van der Waals surface area contributed by atoms with Gasteiger partial charge in [0.25, 0.3) is 0 Å². The highest BCUT2D eigenvalue weighted by Crippen LogP contribution is 2.47. The molecule has 82 heavy (non-hydrogen) atoms. The third-order valence-corrected chi connectivity index (χ3v) is 18.7. The molecule has 17 nitrogen and oxygen atoms in total. The summed E-state index contributed by atoms with van der Waals surface area (Å²) >= 11 is 9.92. The summed E-state index contributed by atoms with van der Waals surface area (Å²) in [6, 6.07) is 6.46. The fourth-order valence-corrected chi connectivity index (χ4v) is 14.7. The Bertz CT molecular complexity index is 4020. The van der Waals surface area contributed by atoms with E-state index < -0.39 is 0 Å². The Balaban J connectivity index is 1.37. The van der Waals surface area contributed by atoms with Crippen LogP contribution in [-0.4, -0.2) is 121 Å². The van der Waals surface area contributed by atoms with Crippen LogP contribution in [0.2, 0.25) is 0 Å². The Kier molecular flexibility index (Phi) is 15.9. The zero-order chi connectivity index (χ0) is 59.4. The second-order valence-corrected chi connectivity index (χ2v) is 37.0. The molecule has 430 valence electrons. The lowest BCUT2D eigenvalue weighted by Crippen LogP contribution is -2.21. The van der Waals surface area contributed by atoms with Gasteiger partial charge in [-0.15, -0.1) is 0 Å². The Morgan fingerprint density at radius 3 is 0.988 bits per heavy atom. The first-order chi connectivity index (χ1) is 38.1. The average Bonchev–Trinajstić information content (AvgIpc) is 4.27. The molecule has 9 heterocycles. The molecule has 0 saturated heterocycles. The molecular weight excluding hydrogens is 1140 g/mol. The molecule has 8 bridgehead atoms. The maximum Gasteiger partial charge on any atom is 0.184 e. The van der Waals surface area contributed by atoms with Crippen LogP contribution in [0, 0.1) is 6.92 Å². The molecule has 2 N–H and O–H groups in total. The van der Waals surface area contributed by atoms with E-state index in [1.165, 1.54) is 0 Å². The average molecular weight is 1210 g/mol. The van der Waals surface area contributed by atoms with E-state index in [4.69, 9.17) is 69.8 Å². The van der Waals surface area contributed by atoms with Crippen molar-refractivity contribution in [2.45, 2.75) is 204 Å². The van der Waals surface area contributed by atoms with Crippen LogP contribution in [0.3, 0.4) is 0 Å². The van der Waals surface area contributed by atoms with Crippen LogP contribution in [0.1, 0.15) is 144 Å². The van der Waals surface area contributed by atoms with Crippen LogP contribution < -0.4 is 4.90 Å². The molecule has 0 spiro atoms. The Morgan fingerprint density at radius 2 is 0.683 bits per heavy atom. The molecule has 0 aliphatic carbocycles. The minimum absolute atomic E-state index is 0.199. The summed E-state index contributed by atoms with van der Waals surface area (Å²) < 4.78 is -1.21. The Hall–Kier alpha value is -5.20. The van der Waals surface area contributed by atoms with Gasteiger partial charge in [0, 0.05) is 52.8 Å². The smallest absolute Gasteiger partial charge is 0.184 e. The monoisotopic (exact) mass is 1210 g/mol. The van der Waals surface area contributed by atoms with Crippen molar-refractivity contribution in [3.05, 3.63) is 30.0 Å². The Morgan fingerprint density at radius 1 is 0.378 bits per heavy atom. The molecular formula is C59H73N17S6. The SMILES string of the molecule is CCN(CC)c1ccc(-c2cnc3c4nc5nc(nc6[nH]c(nc7nc(nc([nH]4)c3n2)-c2nc(SC(C)(C)C)c(SC(C)(C)C)nc2-7)c2nc(SC(C)(C)C)c(SC(C)(C)C)nc62)-c2nc(SC(C)(C)C)c(SC(C)(C)C)nc2-5)c(C)c1. The van der Waals surface area contributed by atoms with Gasteiger partial charge < -0.3 is 14.9 Å². The fraction of sp³-hybridized carbons (Fsp3) is 0.492. The summed E-state index contributed by atoms with van der Waals surface area (Å²) in [5, 5.41) is 4.62. The summed E-state index contributed by atoms with van der Waals surface area (Å²) in [5.41, 5.74) is 9.16. The number of rotatable bonds is 10. The number of aromatic nitrogens is 16. The fourth-order valence-electron chi connectivity index (χ4n) is 8.82. The summed E-state index contributed by atoms with van der Waals surface area (Å²) in [4.78, 5) is 84.6. The lowest BCUT2D eigenvalue weighted by Gasteiger charge is -2.22. The maximum absolute atomic E-state index is 5.45. The van der Waals surface area contributed by atoms with Gasteiger partial charge in [-0.2, -0.15) is 0 Å². The molecule has 2 aliphatic rings. The molecule has 2 aliphatic heterocycles.